The number of aliphatic hydroxyl groups is 1. The van der Waals surface area contributed by atoms with Crippen molar-refractivity contribution in [1.29, 1.82) is 0 Å². The van der Waals surface area contributed by atoms with Crippen LogP contribution >= 0.6 is 11.3 Å². The summed E-state index contributed by atoms with van der Waals surface area (Å²) in [5.41, 5.74) is 0.681. The van der Waals surface area contributed by atoms with Crippen LogP contribution in [0.3, 0.4) is 0 Å². The molecule has 102 valence electrons. The van der Waals surface area contributed by atoms with Gasteiger partial charge in [-0.05, 0) is 25.3 Å². The lowest BCUT2D eigenvalue weighted by Gasteiger charge is -2.12. The summed E-state index contributed by atoms with van der Waals surface area (Å²) in [4.78, 5) is 12.9. The molecule has 0 saturated heterocycles. The van der Waals surface area contributed by atoms with Gasteiger partial charge in [-0.3, -0.25) is 4.79 Å². The molecule has 1 atom stereocenters. The Morgan fingerprint density at radius 1 is 1.63 bits per heavy atom. The molecule has 2 rings (SSSR count). The third-order valence-electron chi connectivity index (χ3n) is 3.07. The normalized spacial score (nSPS) is 15.5. The van der Waals surface area contributed by atoms with E-state index in [2.05, 4.69) is 24.1 Å². The molecular weight excluding hydrogens is 258 g/mol. The van der Waals surface area contributed by atoms with Crippen LogP contribution in [0.1, 0.15) is 47.8 Å². The molecule has 1 unspecified atom stereocenters. The Labute approximate surface area is 118 Å². The van der Waals surface area contributed by atoms with Crippen LogP contribution in [0.5, 0.6) is 0 Å². The molecule has 1 heterocycles. The predicted octanol–water partition coefficient (Wildman–Crippen LogP) is 2.40. The van der Waals surface area contributed by atoms with Gasteiger partial charge in [-0.1, -0.05) is 24.7 Å². The number of hydrogen-bond donors (Lipinski definition) is 2. The molecule has 1 aromatic rings. The standard InChI is InChI=1S/C15H19NO2S/c1-11(8-12-5-6-12)16-15(18)13-9-14(19-10-13)4-2-3-7-17/h9-12,17H,3,5-8H2,1H3,(H,16,18). The minimum Gasteiger partial charge on any atom is -0.395 e. The van der Waals surface area contributed by atoms with Crippen LogP contribution in [-0.2, 0) is 0 Å². The van der Waals surface area contributed by atoms with Gasteiger partial charge in [0.15, 0.2) is 0 Å². The van der Waals surface area contributed by atoms with E-state index in [9.17, 15) is 4.79 Å². The lowest BCUT2D eigenvalue weighted by atomic mass is 10.1. The number of amides is 1. The molecule has 0 aliphatic heterocycles. The van der Waals surface area contributed by atoms with Crippen molar-refractivity contribution in [2.75, 3.05) is 6.61 Å². The summed E-state index contributed by atoms with van der Waals surface area (Å²) in [5.74, 6) is 6.61. The number of carbonyl (C=O) groups excluding carboxylic acids is 1. The van der Waals surface area contributed by atoms with Crippen molar-refractivity contribution in [1.82, 2.24) is 5.32 Å². The lowest BCUT2D eigenvalue weighted by Crippen LogP contribution is -2.32. The van der Waals surface area contributed by atoms with Crippen LogP contribution in [-0.4, -0.2) is 23.7 Å². The number of carbonyl (C=O) groups is 1. The van der Waals surface area contributed by atoms with Crippen molar-refractivity contribution in [3.8, 4) is 11.8 Å². The zero-order valence-corrected chi connectivity index (χ0v) is 11.9. The van der Waals surface area contributed by atoms with Gasteiger partial charge in [-0.15, -0.1) is 11.3 Å². The predicted molar refractivity (Wildman–Crippen MR) is 77.2 cm³/mol. The zero-order valence-electron chi connectivity index (χ0n) is 11.1. The van der Waals surface area contributed by atoms with E-state index in [1.54, 1.807) is 0 Å². The van der Waals surface area contributed by atoms with Crippen molar-refractivity contribution in [3.05, 3.63) is 21.9 Å². The van der Waals surface area contributed by atoms with E-state index in [0.717, 1.165) is 17.2 Å². The van der Waals surface area contributed by atoms with E-state index < -0.39 is 0 Å². The zero-order chi connectivity index (χ0) is 13.7. The quantitative estimate of drug-likeness (QED) is 0.812. The fourth-order valence-corrected chi connectivity index (χ4v) is 2.70. The number of aliphatic hydroxyl groups excluding tert-OH is 1. The van der Waals surface area contributed by atoms with Gasteiger partial charge in [0.1, 0.15) is 0 Å². The summed E-state index contributed by atoms with van der Waals surface area (Å²) in [5, 5.41) is 13.5. The van der Waals surface area contributed by atoms with Crippen LogP contribution in [0, 0.1) is 17.8 Å². The SMILES string of the molecule is CC(CC1CC1)NC(=O)c1csc(C#CCCO)c1. The van der Waals surface area contributed by atoms with Crippen molar-refractivity contribution < 1.29 is 9.90 Å². The third kappa shape index (κ3) is 4.70. The molecule has 0 aromatic carbocycles. The van der Waals surface area contributed by atoms with Gasteiger partial charge >= 0.3 is 0 Å². The van der Waals surface area contributed by atoms with Crippen molar-refractivity contribution in [3.63, 3.8) is 0 Å². The molecular formula is C15H19NO2S. The van der Waals surface area contributed by atoms with E-state index in [4.69, 9.17) is 5.11 Å². The first-order valence-electron chi connectivity index (χ1n) is 6.68. The fraction of sp³-hybridized carbons (Fsp3) is 0.533. The first-order chi connectivity index (χ1) is 9.19. The maximum Gasteiger partial charge on any atom is 0.252 e. The summed E-state index contributed by atoms with van der Waals surface area (Å²) in [6.07, 6.45) is 4.17. The first kappa shape index (κ1) is 14.1. The van der Waals surface area contributed by atoms with E-state index in [1.807, 2.05) is 11.4 Å². The summed E-state index contributed by atoms with van der Waals surface area (Å²) in [7, 11) is 0. The molecule has 1 saturated carbocycles. The van der Waals surface area contributed by atoms with Gasteiger partial charge in [0.2, 0.25) is 0 Å². The van der Waals surface area contributed by atoms with Crippen LogP contribution in [0.15, 0.2) is 11.4 Å². The number of nitrogens with one attached hydrogen (secondary N) is 1. The van der Waals surface area contributed by atoms with Gasteiger partial charge in [-0.2, -0.15) is 0 Å². The van der Waals surface area contributed by atoms with Gasteiger partial charge < -0.3 is 10.4 Å². The lowest BCUT2D eigenvalue weighted by molar-refractivity contribution is 0.0938. The second-order valence-corrected chi connectivity index (χ2v) is 5.94. The Balaban J connectivity index is 1.86. The number of rotatable bonds is 5. The fourth-order valence-electron chi connectivity index (χ4n) is 1.95. The molecule has 1 aliphatic rings. The molecule has 1 amide bonds. The van der Waals surface area contributed by atoms with Crippen molar-refractivity contribution >= 4 is 17.2 Å². The van der Waals surface area contributed by atoms with Crippen LogP contribution in [0.25, 0.3) is 0 Å². The largest absolute Gasteiger partial charge is 0.395 e. The Kier molecular flexibility index (Phi) is 5.00. The van der Waals surface area contributed by atoms with E-state index >= 15 is 0 Å². The minimum atomic E-state index is -0.0143. The van der Waals surface area contributed by atoms with Crippen molar-refractivity contribution in [2.24, 2.45) is 5.92 Å². The highest BCUT2D eigenvalue weighted by atomic mass is 32.1. The summed E-state index contributed by atoms with van der Waals surface area (Å²) in [6, 6.07) is 2.05. The second-order valence-electron chi connectivity index (χ2n) is 5.03. The highest BCUT2D eigenvalue weighted by molar-refractivity contribution is 7.10. The summed E-state index contributed by atoms with van der Waals surface area (Å²) in [6.45, 7) is 2.13. The average molecular weight is 277 g/mol. The summed E-state index contributed by atoms with van der Waals surface area (Å²) < 4.78 is 0. The molecule has 1 aliphatic carbocycles. The Bertz CT molecular complexity index is 494. The monoisotopic (exact) mass is 277 g/mol. The highest BCUT2D eigenvalue weighted by Crippen LogP contribution is 2.33. The number of hydrogen-bond acceptors (Lipinski definition) is 3. The van der Waals surface area contributed by atoms with Gasteiger partial charge in [0.25, 0.3) is 5.91 Å². The van der Waals surface area contributed by atoms with Crippen LogP contribution in [0.2, 0.25) is 0 Å². The Morgan fingerprint density at radius 3 is 3.11 bits per heavy atom. The van der Waals surface area contributed by atoms with Crippen LogP contribution < -0.4 is 5.32 Å². The molecule has 3 nitrogen and oxygen atoms in total. The number of thiophene rings is 1. The van der Waals surface area contributed by atoms with Crippen LogP contribution in [0.4, 0.5) is 0 Å². The topological polar surface area (TPSA) is 49.3 Å². The van der Waals surface area contributed by atoms with Gasteiger partial charge in [0.05, 0.1) is 17.0 Å². The molecule has 0 bridgehead atoms. The van der Waals surface area contributed by atoms with E-state index in [0.29, 0.717) is 12.0 Å². The van der Waals surface area contributed by atoms with Gasteiger partial charge in [0, 0.05) is 17.8 Å². The third-order valence-corrected chi connectivity index (χ3v) is 3.92. The van der Waals surface area contributed by atoms with Gasteiger partial charge in [-0.25, -0.2) is 0 Å². The maximum atomic E-state index is 12.0. The Hall–Kier alpha value is -1.31. The second kappa shape index (κ2) is 6.74. The smallest absolute Gasteiger partial charge is 0.252 e. The van der Waals surface area contributed by atoms with E-state index in [1.165, 1.54) is 24.2 Å². The average Bonchev–Trinajstić information content (AvgIpc) is 3.05. The Morgan fingerprint density at radius 2 is 2.42 bits per heavy atom. The highest BCUT2D eigenvalue weighted by Gasteiger charge is 2.24. The molecule has 4 heteroatoms. The van der Waals surface area contributed by atoms with E-state index in [-0.39, 0.29) is 18.6 Å². The maximum absolute atomic E-state index is 12.0. The molecule has 1 aromatic heterocycles. The summed E-state index contributed by atoms with van der Waals surface area (Å²) >= 11 is 1.47. The molecule has 0 spiro atoms. The molecule has 2 N–H and O–H groups in total. The molecule has 0 radical (unpaired) electrons. The molecule has 19 heavy (non-hydrogen) atoms. The first-order valence-corrected chi connectivity index (χ1v) is 7.56. The molecule has 1 fully saturated rings. The van der Waals surface area contributed by atoms with Crippen molar-refractivity contribution in [2.45, 2.75) is 38.6 Å². The minimum absolute atomic E-state index is 0.0143.